The van der Waals surface area contributed by atoms with Gasteiger partial charge in [-0.25, -0.2) is 0 Å². The largest absolute Gasteiger partial charge is 0.383 e. The second-order valence-electron chi connectivity index (χ2n) is 3.95. The van der Waals surface area contributed by atoms with E-state index in [1.165, 1.54) is 6.08 Å². The Morgan fingerprint density at radius 2 is 1.95 bits per heavy atom. The van der Waals surface area contributed by atoms with Crippen LogP contribution in [0.4, 0.5) is 0 Å². The normalized spacial score (nSPS) is 10.5. The summed E-state index contributed by atoms with van der Waals surface area (Å²) >= 11 is 5.75. The molecule has 108 valence electrons. The number of methoxy groups -OCH3 is 1. The highest BCUT2D eigenvalue weighted by Gasteiger charge is 2.01. The zero-order chi connectivity index (χ0) is 14.8. The molecule has 0 fully saturated rings. The average Bonchev–Trinajstić information content (AvgIpc) is 2.45. The lowest BCUT2D eigenvalue weighted by Crippen LogP contribution is -2.37. The van der Waals surface area contributed by atoms with Crippen LogP contribution in [0.5, 0.6) is 0 Å². The Hall–Kier alpha value is -1.85. The lowest BCUT2D eigenvalue weighted by molar-refractivity contribution is -0.124. The second-order valence-corrected chi connectivity index (χ2v) is 4.38. The molecule has 0 heterocycles. The van der Waals surface area contributed by atoms with Crippen LogP contribution < -0.4 is 10.6 Å². The quantitative estimate of drug-likeness (QED) is 0.587. The Kier molecular flexibility index (Phi) is 7.39. The molecule has 2 N–H and O–H groups in total. The molecule has 0 aliphatic carbocycles. The minimum absolute atomic E-state index is 0.0620. The first-order valence-corrected chi connectivity index (χ1v) is 6.46. The van der Waals surface area contributed by atoms with Crippen molar-refractivity contribution >= 4 is 29.5 Å². The third-order valence-electron chi connectivity index (χ3n) is 2.35. The molecule has 0 aliphatic rings. The smallest absolute Gasteiger partial charge is 0.244 e. The Bertz CT molecular complexity index is 472. The summed E-state index contributed by atoms with van der Waals surface area (Å²) in [4.78, 5) is 22.8. The maximum absolute atomic E-state index is 11.5. The molecule has 0 saturated carbocycles. The molecule has 0 unspecified atom stereocenters. The highest BCUT2D eigenvalue weighted by Crippen LogP contribution is 2.10. The van der Waals surface area contributed by atoms with Crippen LogP contribution in [0.25, 0.3) is 6.08 Å². The van der Waals surface area contributed by atoms with Gasteiger partial charge in [-0.3, -0.25) is 9.59 Å². The maximum Gasteiger partial charge on any atom is 0.244 e. The summed E-state index contributed by atoms with van der Waals surface area (Å²) in [5.74, 6) is -0.586. The first kappa shape index (κ1) is 16.2. The van der Waals surface area contributed by atoms with Gasteiger partial charge in [-0.2, -0.15) is 0 Å². The molecule has 2 amide bonds. The van der Waals surface area contributed by atoms with Gasteiger partial charge in [0.15, 0.2) is 0 Å². The molecular weight excluding hydrogens is 280 g/mol. The van der Waals surface area contributed by atoms with Gasteiger partial charge in [0.2, 0.25) is 11.8 Å². The van der Waals surface area contributed by atoms with Crippen molar-refractivity contribution in [2.45, 2.75) is 0 Å². The van der Waals surface area contributed by atoms with Crippen molar-refractivity contribution in [1.82, 2.24) is 10.6 Å². The Balaban J connectivity index is 2.29. The molecule has 5 nitrogen and oxygen atoms in total. The van der Waals surface area contributed by atoms with Crippen LogP contribution in [-0.2, 0) is 14.3 Å². The molecule has 0 radical (unpaired) electrons. The lowest BCUT2D eigenvalue weighted by Gasteiger charge is -2.04. The van der Waals surface area contributed by atoms with Gasteiger partial charge in [-0.15, -0.1) is 0 Å². The number of nitrogens with one attached hydrogen (secondary N) is 2. The monoisotopic (exact) mass is 296 g/mol. The van der Waals surface area contributed by atoms with Crippen LogP contribution >= 0.6 is 11.6 Å². The van der Waals surface area contributed by atoms with Crippen molar-refractivity contribution in [3.63, 3.8) is 0 Å². The molecule has 0 aliphatic heterocycles. The Morgan fingerprint density at radius 3 is 2.60 bits per heavy atom. The van der Waals surface area contributed by atoms with E-state index >= 15 is 0 Å². The average molecular weight is 297 g/mol. The van der Waals surface area contributed by atoms with Gasteiger partial charge in [0, 0.05) is 24.8 Å². The minimum atomic E-state index is -0.332. The summed E-state index contributed by atoms with van der Waals surface area (Å²) in [5, 5.41) is 5.73. The predicted octanol–water partition coefficient (Wildman–Crippen LogP) is 1.23. The summed E-state index contributed by atoms with van der Waals surface area (Å²) < 4.78 is 4.79. The number of carbonyl (C=O) groups is 2. The molecule has 0 atom stereocenters. The number of ether oxygens (including phenoxy) is 1. The molecular formula is C14H17ClN2O3. The van der Waals surface area contributed by atoms with E-state index in [-0.39, 0.29) is 18.4 Å². The number of halogens is 1. The van der Waals surface area contributed by atoms with Crippen molar-refractivity contribution in [3.05, 3.63) is 40.9 Å². The number of rotatable bonds is 7. The van der Waals surface area contributed by atoms with E-state index in [9.17, 15) is 9.59 Å². The maximum atomic E-state index is 11.5. The van der Waals surface area contributed by atoms with Gasteiger partial charge in [-0.1, -0.05) is 23.7 Å². The Morgan fingerprint density at radius 1 is 1.25 bits per heavy atom. The van der Waals surface area contributed by atoms with Crippen molar-refractivity contribution in [3.8, 4) is 0 Å². The highest BCUT2D eigenvalue weighted by molar-refractivity contribution is 6.30. The molecule has 20 heavy (non-hydrogen) atoms. The second kappa shape index (κ2) is 9.12. The third kappa shape index (κ3) is 6.92. The van der Waals surface area contributed by atoms with Gasteiger partial charge in [0.25, 0.3) is 0 Å². The molecule has 1 aromatic carbocycles. The van der Waals surface area contributed by atoms with E-state index in [2.05, 4.69) is 10.6 Å². The van der Waals surface area contributed by atoms with Crippen molar-refractivity contribution in [2.75, 3.05) is 26.8 Å². The van der Waals surface area contributed by atoms with Crippen LogP contribution in [-0.4, -0.2) is 38.6 Å². The van der Waals surface area contributed by atoms with E-state index in [4.69, 9.17) is 16.3 Å². The standard InChI is InChI=1S/C14H17ClN2O3/c1-20-9-8-16-14(19)10-17-13(18)7-4-11-2-5-12(15)6-3-11/h2-7H,8-10H2,1H3,(H,16,19)(H,17,18)/b7-4+. The van der Waals surface area contributed by atoms with Crippen molar-refractivity contribution in [1.29, 1.82) is 0 Å². The van der Waals surface area contributed by atoms with Crippen LogP contribution in [0.2, 0.25) is 5.02 Å². The predicted molar refractivity (Wildman–Crippen MR) is 78.4 cm³/mol. The first-order chi connectivity index (χ1) is 9.61. The van der Waals surface area contributed by atoms with E-state index in [0.29, 0.717) is 18.2 Å². The number of benzene rings is 1. The van der Waals surface area contributed by atoms with E-state index in [0.717, 1.165) is 5.56 Å². The zero-order valence-corrected chi connectivity index (χ0v) is 11.9. The summed E-state index contributed by atoms with van der Waals surface area (Å²) in [6.07, 6.45) is 3.01. The molecule has 6 heteroatoms. The topological polar surface area (TPSA) is 67.4 Å². The lowest BCUT2D eigenvalue weighted by atomic mass is 10.2. The first-order valence-electron chi connectivity index (χ1n) is 6.09. The van der Waals surface area contributed by atoms with E-state index in [1.807, 2.05) is 0 Å². The van der Waals surface area contributed by atoms with E-state index in [1.54, 1.807) is 37.5 Å². The zero-order valence-electron chi connectivity index (χ0n) is 11.2. The molecule has 1 rings (SSSR count). The summed E-state index contributed by atoms with van der Waals surface area (Å²) in [6, 6.07) is 7.07. The number of hydrogen-bond acceptors (Lipinski definition) is 3. The van der Waals surface area contributed by atoms with E-state index < -0.39 is 0 Å². The SMILES string of the molecule is COCCNC(=O)CNC(=O)/C=C/c1ccc(Cl)cc1. The number of hydrogen-bond donors (Lipinski definition) is 2. The fourth-order valence-corrected chi connectivity index (χ4v) is 1.45. The summed E-state index contributed by atoms with van der Waals surface area (Å²) in [6.45, 7) is 0.801. The van der Waals surface area contributed by atoms with Crippen LogP contribution in [0.3, 0.4) is 0 Å². The molecule has 0 saturated heterocycles. The Labute approximate surface area is 123 Å². The highest BCUT2D eigenvalue weighted by atomic mass is 35.5. The van der Waals surface area contributed by atoms with Crippen LogP contribution in [0, 0.1) is 0 Å². The van der Waals surface area contributed by atoms with Gasteiger partial charge in [-0.05, 0) is 23.8 Å². The summed E-state index contributed by atoms with van der Waals surface area (Å²) in [7, 11) is 1.55. The van der Waals surface area contributed by atoms with Gasteiger partial charge in [0.05, 0.1) is 13.2 Å². The summed E-state index contributed by atoms with van der Waals surface area (Å²) in [5.41, 5.74) is 0.856. The number of carbonyl (C=O) groups excluding carboxylic acids is 2. The number of amides is 2. The molecule has 0 spiro atoms. The molecule has 0 aromatic heterocycles. The van der Waals surface area contributed by atoms with Gasteiger partial charge < -0.3 is 15.4 Å². The fourth-order valence-electron chi connectivity index (χ4n) is 1.33. The minimum Gasteiger partial charge on any atom is -0.383 e. The molecule has 1 aromatic rings. The van der Waals surface area contributed by atoms with Gasteiger partial charge >= 0.3 is 0 Å². The fraction of sp³-hybridized carbons (Fsp3) is 0.286. The van der Waals surface area contributed by atoms with Crippen molar-refractivity contribution < 1.29 is 14.3 Å². The van der Waals surface area contributed by atoms with Crippen LogP contribution in [0.1, 0.15) is 5.56 Å². The van der Waals surface area contributed by atoms with Crippen LogP contribution in [0.15, 0.2) is 30.3 Å². The van der Waals surface area contributed by atoms with Crippen molar-refractivity contribution in [2.24, 2.45) is 0 Å². The van der Waals surface area contributed by atoms with Gasteiger partial charge in [0.1, 0.15) is 0 Å². The third-order valence-corrected chi connectivity index (χ3v) is 2.60. The molecule has 0 bridgehead atoms.